The molecule has 6 nitrogen and oxygen atoms in total. The number of aromatic nitrogens is 3. The maximum atomic E-state index is 12.7. The molecular weight excluding hydrogens is 328 g/mol. The van der Waals surface area contributed by atoms with Crippen molar-refractivity contribution in [2.75, 3.05) is 13.1 Å². The van der Waals surface area contributed by atoms with E-state index in [1.165, 1.54) is 0 Å². The number of hydrogen-bond acceptors (Lipinski definition) is 4. The Kier molecular flexibility index (Phi) is 5.16. The molecule has 1 saturated heterocycles. The van der Waals surface area contributed by atoms with E-state index in [9.17, 15) is 9.90 Å². The first-order valence-corrected chi connectivity index (χ1v) is 8.66. The van der Waals surface area contributed by atoms with Crippen LogP contribution in [0.2, 0.25) is 5.02 Å². The summed E-state index contributed by atoms with van der Waals surface area (Å²) in [5, 5.41) is 14.7. The number of aliphatic hydroxyl groups excluding tert-OH is 1. The Bertz CT molecular complexity index is 731. The number of β-amino-alcohol motifs (C(OH)–C–C–N with tert-alkyl or cyclic N) is 1. The largest absolute Gasteiger partial charge is 0.391 e. The maximum absolute atomic E-state index is 12.7. The molecule has 7 heteroatoms. The fourth-order valence-electron chi connectivity index (χ4n) is 2.92. The van der Waals surface area contributed by atoms with Crippen LogP contribution in [-0.4, -0.2) is 49.9 Å². The molecule has 1 aromatic carbocycles. The van der Waals surface area contributed by atoms with Crippen molar-refractivity contribution in [2.45, 2.75) is 38.7 Å². The summed E-state index contributed by atoms with van der Waals surface area (Å²) in [5.74, 6) is 0.635. The number of carbonyl (C=O) groups excluding carboxylic acids is 1. The number of aryl methyl sites for hydroxylation is 1. The topological polar surface area (TPSA) is 71.2 Å². The standard InChI is InChI=1S/C17H21ClN4O2/c1-2-6-15-19-16(17(24)21-10-5-7-12(23)11-21)20-22(15)14-9-4-3-8-13(14)18/h3-4,8-9,12,23H,2,5-7,10-11H2,1H3. The highest BCUT2D eigenvalue weighted by atomic mass is 35.5. The molecule has 1 fully saturated rings. The second-order valence-electron chi connectivity index (χ2n) is 6.01. The van der Waals surface area contributed by atoms with Crippen molar-refractivity contribution >= 4 is 17.5 Å². The Labute approximate surface area is 146 Å². The third-order valence-electron chi connectivity index (χ3n) is 4.10. The van der Waals surface area contributed by atoms with Crippen molar-refractivity contribution in [1.82, 2.24) is 19.7 Å². The van der Waals surface area contributed by atoms with Gasteiger partial charge in [0.2, 0.25) is 5.82 Å². The van der Waals surface area contributed by atoms with Crippen molar-refractivity contribution in [3.8, 4) is 5.69 Å². The molecule has 0 aliphatic carbocycles. The molecular formula is C17H21ClN4O2. The number of halogens is 1. The van der Waals surface area contributed by atoms with Crippen LogP contribution in [0.5, 0.6) is 0 Å². The van der Waals surface area contributed by atoms with Gasteiger partial charge in [0.05, 0.1) is 16.8 Å². The summed E-state index contributed by atoms with van der Waals surface area (Å²) in [7, 11) is 0. The molecule has 2 heterocycles. The molecule has 0 spiro atoms. The third-order valence-corrected chi connectivity index (χ3v) is 4.42. The van der Waals surface area contributed by atoms with Gasteiger partial charge in [0, 0.05) is 19.5 Å². The zero-order valence-electron chi connectivity index (χ0n) is 13.7. The molecule has 1 unspecified atom stereocenters. The number of para-hydroxylation sites is 1. The molecule has 1 amide bonds. The number of rotatable bonds is 4. The van der Waals surface area contributed by atoms with E-state index in [0.717, 1.165) is 19.3 Å². The van der Waals surface area contributed by atoms with Crippen LogP contribution in [0.15, 0.2) is 24.3 Å². The van der Waals surface area contributed by atoms with E-state index in [-0.39, 0.29) is 11.7 Å². The zero-order valence-corrected chi connectivity index (χ0v) is 14.4. The summed E-state index contributed by atoms with van der Waals surface area (Å²) < 4.78 is 1.65. The average Bonchev–Trinajstić information content (AvgIpc) is 2.99. The molecule has 2 aromatic rings. The van der Waals surface area contributed by atoms with Crippen LogP contribution in [-0.2, 0) is 6.42 Å². The molecule has 0 radical (unpaired) electrons. The highest BCUT2D eigenvalue weighted by Crippen LogP contribution is 2.21. The Balaban J connectivity index is 1.94. The average molecular weight is 349 g/mol. The van der Waals surface area contributed by atoms with Crippen molar-refractivity contribution < 1.29 is 9.90 Å². The Morgan fingerprint density at radius 3 is 2.92 bits per heavy atom. The predicted molar refractivity (Wildman–Crippen MR) is 91.5 cm³/mol. The normalized spacial score (nSPS) is 18.0. The van der Waals surface area contributed by atoms with E-state index >= 15 is 0 Å². The van der Waals surface area contributed by atoms with E-state index in [1.54, 1.807) is 15.6 Å². The van der Waals surface area contributed by atoms with Gasteiger partial charge in [-0.1, -0.05) is 30.7 Å². The first kappa shape index (κ1) is 16.9. The lowest BCUT2D eigenvalue weighted by Crippen LogP contribution is -2.42. The molecule has 1 aromatic heterocycles. The van der Waals surface area contributed by atoms with Crippen LogP contribution in [0, 0.1) is 0 Å². The van der Waals surface area contributed by atoms with Gasteiger partial charge in [-0.25, -0.2) is 9.67 Å². The van der Waals surface area contributed by atoms with Gasteiger partial charge in [-0.05, 0) is 31.4 Å². The first-order valence-electron chi connectivity index (χ1n) is 8.28. The number of piperidine rings is 1. The molecule has 3 rings (SSSR count). The molecule has 0 bridgehead atoms. The van der Waals surface area contributed by atoms with E-state index < -0.39 is 6.10 Å². The van der Waals surface area contributed by atoms with Crippen LogP contribution in [0.4, 0.5) is 0 Å². The molecule has 128 valence electrons. The molecule has 0 saturated carbocycles. The minimum Gasteiger partial charge on any atom is -0.391 e. The van der Waals surface area contributed by atoms with Crippen LogP contribution in [0.1, 0.15) is 42.6 Å². The molecule has 1 N–H and O–H groups in total. The van der Waals surface area contributed by atoms with Crippen LogP contribution in [0.3, 0.4) is 0 Å². The smallest absolute Gasteiger partial charge is 0.293 e. The lowest BCUT2D eigenvalue weighted by Gasteiger charge is -2.29. The van der Waals surface area contributed by atoms with E-state index in [0.29, 0.717) is 36.0 Å². The van der Waals surface area contributed by atoms with Crippen molar-refractivity contribution in [2.24, 2.45) is 0 Å². The van der Waals surface area contributed by atoms with E-state index in [4.69, 9.17) is 11.6 Å². The number of aliphatic hydroxyl groups is 1. The van der Waals surface area contributed by atoms with Gasteiger partial charge in [-0.15, -0.1) is 5.10 Å². The summed E-state index contributed by atoms with van der Waals surface area (Å²) in [6.07, 6.45) is 2.64. The first-order chi connectivity index (χ1) is 11.6. The summed E-state index contributed by atoms with van der Waals surface area (Å²) in [5.41, 5.74) is 0.716. The summed E-state index contributed by atoms with van der Waals surface area (Å²) in [6, 6.07) is 7.37. The number of carbonyl (C=O) groups is 1. The fourth-order valence-corrected chi connectivity index (χ4v) is 3.13. The number of hydrogen-bond donors (Lipinski definition) is 1. The Morgan fingerprint density at radius 1 is 1.42 bits per heavy atom. The number of nitrogens with zero attached hydrogens (tertiary/aromatic N) is 4. The summed E-state index contributed by atoms with van der Waals surface area (Å²) >= 11 is 6.27. The number of likely N-dealkylation sites (tertiary alicyclic amines) is 1. The lowest BCUT2D eigenvalue weighted by molar-refractivity contribution is 0.0464. The Morgan fingerprint density at radius 2 is 2.21 bits per heavy atom. The van der Waals surface area contributed by atoms with E-state index in [2.05, 4.69) is 10.1 Å². The Hall–Kier alpha value is -1.92. The van der Waals surface area contributed by atoms with Crippen molar-refractivity contribution in [1.29, 1.82) is 0 Å². The van der Waals surface area contributed by atoms with Gasteiger partial charge in [0.25, 0.3) is 5.91 Å². The molecule has 1 aliphatic rings. The highest BCUT2D eigenvalue weighted by Gasteiger charge is 2.27. The van der Waals surface area contributed by atoms with Crippen molar-refractivity contribution in [3.05, 3.63) is 40.9 Å². The number of benzene rings is 1. The predicted octanol–water partition coefficient (Wildman–Crippen LogP) is 2.47. The SMILES string of the molecule is CCCc1nc(C(=O)N2CCCC(O)C2)nn1-c1ccccc1Cl. The quantitative estimate of drug-likeness (QED) is 0.921. The summed E-state index contributed by atoms with van der Waals surface area (Å²) in [6.45, 7) is 3.01. The summed E-state index contributed by atoms with van der Waals surface area (Å²) in [4.78, 5) is 18.7. The lowest BCUT2D eigenvalue weighted by atomic mass is 10.1. The van der Waals surface area contributed by atoms with Crippen LogP contribution >= 0.6 is 11.6 Å². The van der Waals surface area contributed by atoms with Gasteiger partial charge in [0.15, 0.2) is 0 Å². The van der Waals surface area contributed by atoms with Gasteiger partial charge in [-0.2, -0.15) is 0 Å². The second-order valence-corrected chi connectivity index (χ2v) is 6.42. The molecule has 1 aliphatic heterocycles. The minimum atomic E-state index is -0.469. The minimum absolute atomic E-state index is 0.160. The zero-order chi connectivity index (χ0) is 17.1. The molecule has 1 atom stereocenters. The monoisotopic (exact) mass is 348 g/mol. The van der Waals surface area contributed by atoms with Crippen molar-refractivity contribution in [3.63, 3.8) is 0 Å². The van der Waals surface area contributed by atoms with Gasteiger partial charge in [-0.3, -0.25) is 4.79 Å². The van der Waals surface area contributed by atoms with Gasteiger partial charge in [0.1, 0.15) is 5.82 Å². The van der Waals surface area contributed by atoms with Gasteiger partial charge >= 0.3 is 0 Å². The molecule has 24 heavy (non-hydrogen) atoms. The van der Waals surface area contributed by atoms with Crippen LogP contribution < -0.4 is 0 Å². The highest BCUT2D eigenvalue weighted by molar-refractivity contribution is 6.32. The van der Waals surface area contributed by atoms with Crippen LogP contribution in [0.25, 0.3) is 5.69 Å². The third kappa shape index (κ3) is 3.44. The fraction of sp³-hybridized carbons (Fsp3) is 0.471. The van der Waals surface area contributed by atoms with E-state index in [1.807, 2.05) is 25.1 Å². The number of amides is 1. The van der Waals surface area contributed by atoms with Gasteiger partial charge < -0.3 is 10.0 Å². The maximum Gasteiger partial charge on any atom is 0.293 e. The second kappa shape index (κ2) is 7.32.